The SMILES string of the molecule is Cc1cc(NC(=O)C(C)SCC(=O)Nc2cc(Cl)ccc2Oc2ccccc2)no1. The van der Waals surface area contributed by atoms with Crippen molar-refractivity contribution in [3.05, 3.63) is 65.4 Å². The maximum absolute atomic E-state index is 12.4. The predicted octanol–water partition coefficient (Wildman–Crippen LogP) is 5.13. The summed E-state index contributed by atoms with van der Waals surface area (Å²) in [5.74, 6) is 1.57. The number of nitrogens with one attached hydrogen (secondary N) is 2. The summed E-state index contributed by atoms with van der Waals surface area (Å²) in [7, 11) is 0. The zero-order valence-corrected chi connectivity index (χ0v) is 17.9. The molecule has 2 amide bonds. The zero-order chi connectivity index (χ0) is 21.5. The van der Waals surface area contributed by atoms with Crippen molar-refractivity contribution in [1.29, 1.82) is 0 Å². The van der Waals surface area contributed by atoms with Crippen molar-refractivity contribution in [2.75, 3.05) is 16.4 Å². The van der Waals surface area contributed by atoms with Gasteiger partial charge >= 0.3 is 0 Å². The van der Waals surface area contributed by atoms with Gasteiger partial charge in [0.05, 0.1) is 16.7 Å². The molecule has 0 saturated heterocycles. The van der Waals surface area contributed by atoms with Crippen molar-refractivity contribution in [3.8, 4) is 11.5 Å². The third-order valence-corrected chi connectivity index (χ3v) is 5.28. The molecule has 3 aromatic rings. The van der Waals surface area contributed by atoms with Crippen LogP contribution in [-0.4, -0.2) is 28.0 Å². The lowest BCUT2D eigenvalue weighted by atomic mass is 10.3. The first kappa shape index (κ1) is 21.7. The molecule has 2 N–H and O–H groups in total. The van der Waals surface area contributed by atoms with Crippen molar-refractivity contribution in [2.45, 2.75) is 19.1 Å². The van der Waals surface area contributed by atoms with Crippen molar-refractivity contribution in [3.63, 3.8) is 0 Å². The Labute approximate surface area is 183 Å². The van der Waals surface area contributed by atoms with E-state index in [4.69, 9.17) is 20.9 Å². The number of carbonyl (C=O) groups is 2. The Hall–Kier alpha value is -2.97. The highest BCUT2D eigenvalue weighted by molar-refractivity contribution is 8.01. The quantitative estimate of drug-likeness (QED) is 0.499. The number of aryl methyl sites for hydroxylation is 1. The van der Waals surface area contributed by atoms with Crippen molar-refractivity contribution >= 4 is 46.7 Å². The normalized spacial score (nSPS) is 11.6. The summed E-state index contributed by atoms with van der Waals surface area (Å²) >= 11 is 7.27. The van der Waals surface area contributed by atoms with Crippen LogP contribution >= 0.6 is 23.4 Å². The minimum absolute atomic E-state index is 0.0731. The van der Waals surface area contributed by atoms with Crippen LogP contribution in [0.4, 0.5) is 11.5 Å². The van der Waals surface area contributed by atoms with Crippen LogP contribution in [0.25, 0.3) is 0 Å². The van der Waals surface area contributed by atoms with E-state index >= 15 is 0 Å². The number of hydrogen-bond donors (Lipinski definition) is 2. The number of hydrogen-bond acceptors (Lipinski definition) is 6. The lowest BCUT2D eigenvalue weighted by Gasteiger charge is -2.14. The van der Waals surface area contributed by atoms with Gasteiger partial charge in [0.15, 0.2) is 11.6 Å². The largest absolute Gasteiger partial charge is 0.455 e. The second kappa shape index (κ2) is 10.2. The van der Waals surface area contributed by atoms with E-state index in [2.05, 4.69) is 15.8 Å². The summed E-state index contributed by atoms with van der Waals surface area (Å²) in [5.41, 5.74) is 0.451. The van der Waals surface area contributed by atoms with E-state index < -0.39 is 5.25 Å². The van der Waals surface area contributed by atoms with Gasteiger partial charge in [-0.05, 0) is 44.2 Å². The minimum Gasteiger partial charge on any atom is -0.455 e. The van der Waals surface area contributed by atoms with E-state index in [9.17, 15) is 9.59 Å². The Morgan fingerprint density at radius 1 is 1.17 bits per heavy atom. The maximum atomic E-state index is 12.4. The first-order chi connectivity index (χ1) is 14.4. The Morgan fingerprint density at radius 3 is 2.63 bits per heavy atom. The number of nitrogens with zero attached hydrogens (tertiary/aromatic N) is 1. The first-order valence-electron chi connectivity index (χ1n) is 9.09. The third kappa shape index (κ3) is 6.27. The Morgan fingerprint density at radius 2 is 1.93 bits per heavy atom. The summed E-state index contributed by atoms with van der Waals surface area (Å²) in [6.07, 6.45) is 0. The molecule has 0 spiro atoms. The van der Waals surface area contributed by atoms with Gasteiger partial charge in [0.2, 0.25) is 11.8 Å². The second-order valence-electron chi connectivity index (χ2n) is 6.37. The summed E-state index contributed by atoms with van der Waals surface area (Å²) < 4.78 is 10.8. The van der Waals surface area contributed by atoms with E-state index in [0.717, 1.165) is 0 Å². The highest BCUT2D eigenvalue weighted by Gasteiger charge is 2.18. The van der Waals surface area contributed by atoms with Gasteiger partial charge < -0.3 is 19.9 Å². The van der Waals surface area contributed by atoms with Gasteiger partial charge in [0.25, 0.3) is 0 Å². The zero-order valence-electron chi connectivity index (χ0n) is 16.3. The van der Waals surface area contributed by atoms with E-state index in [-0.39, 0.29) is 17.6 Å². The first-order valence-corrected chi connectivity index (χ1v) is 10.5. The molecule has 1 aromatic heterocycles. The van der Waals surface area contributed by atoms with Gasteiger partial charge in [-0.25, -0.2) is 0 Å². The smallest absolute Gasteiger partial charge is 0.238 e. The van der Waals surface area contributed by atoms with Crippen LogP contribution in [0.2, 0.25) is 5.02 Å². The number of rotatable bonds is 8. The van der Waals surface area contributed by atoms with Crippen molar-refractivity contribution in [2.24, 2.45) is 0 Å². The fourth-order valence-electron chi connectivity index (χ4n) is 2.42. The van der Waals surface area contributed by atoms with E-state index in [1.54, 1.807) is 38.1 Å². The van der Waals surface area contributed by atoms with Gasteiger partial charge in [-0.1, -0.05) is 35.0 Å². The molecule has 1 atom stereocenters. The highest BCUT2D eigenvalue weighted by Crippen LogP contribution is 2.32. The number of ether oxygens (including phenoxy) is 1. The number of anilines is 2. The molecule has 9 heteroatoms. The van der Waals surface area contributed by atoms with Crippen LogP contribution in [0.15, 0.2) is 59.1 Å². The van der Waals surface area contributed by atoms with Crippen LogP contribution in [0, 0.1) is 6.92 Å². The number of aromatic nitrogens is 1. The number of para-hydroxylation sites is 1. The third-order valence-electron chi connectivity index (χ3n) is 3.90. The predicted molar refractivity (Wildman–Crippen MR) is 118 cm³/mol. The van der Waals surface area contributed by atoms with E-state index in [1.165, 1.54) is 11.8 Å². The molecule has 1 heterocycles. The topological polar surface area (TPSA) is 93.5 Å². The lowest BCUT2D eigenvalue weighted by molar-refractivity contribution is -0.115. The molecule has 156 valence electrons. The molecule has 7 nitrogen and oxygen atoms in total. The fourth-order valence-corrected chi connectivity index (χ4v) is 3.28. The maximum Gasteiger partial charge on any atom is 0.238 e. The molecule has 0 aliphatic heterocycles. The number of benzene rings is 2. The monoisotopic (exact) mass is 445 g/mol. The number of amides is 2. The van der Waals surface area contributed by atoms with Crippen molar-refractivity contribution in [1.82, 2.24) is 5.16 Å². The van der Waals surface area contributed by atoms with E-state index in [1.807, 2.05) is 30.3 Å². The van der Waals surface area contributed by atoms with Crippen LogP contribution in [0.3, 0.4) is 0 Å². The van der Waals surface area contributed by atoms with Gasteiger partial charge in [0.1, 0.15) is 11.5 Å². The molecule has 0 radical (unpaired) electrons. The Bertz CT molecular complexity index is 1030. The molecule has 0 saturated carbocycles. The number of thioether (sulfide) groups is 1. The van der Waals surface area contributed by atoms with Gasteiger partial charge in [-0.3, -0.25) is 9.59 Å². The van der Waals surface area contributed by atoms with E-state index in [0.29, 0.717) is 33.8 Å². The summed E-state index contributed by atoms with van der Waals surface area (Å²) in [5, 5.41) is 9.16. The van der Waals surface area contributed by atoms with Crippen LogP contribution in [-0.2, 0) is 9.59 Å². The van der Waals surface area contributed by atoms with Crippen LogP contribution in [0.5, 0.6) is 11.5 Å². The van der Waals surface area contributed by atoms with Gasteiger partial charge in [-0.2, -0.15) is 0 Å². The Kier molecular flexibility index (Phi) is 7.37. The molecular formula is C21H20ClN3O4S. The van der Waals surface area contributed by atoms with Crippen LogP contribution < -0.4 is 15.4 Å². The van der Waals surface area contributed by atoms with Crippen LogP contribution in [0.1, 0.15) is 12.7 Å². The van der Waals surface area contributed by atoms with Gasteiger partial charge in [0, 0.05) is 11.1 Å². The average molecular weight is 446 g/mol. The molecule has 0 bridgehead atoms. The minimum atomic E-state index is -0.466. The molecule has 1 unspecified atom stereocenters. The Balaban J connectivity index is 1.56. The standard InChI is InChI=1S/C21H20ClN3O4S/c1-13-10-19(25-29-13)24-21(27)14(2)30-12-20(26)23-17-11-15(22)8-9-18(17)28-16-6-4-3-5-7-16/h3-11,14H,12H2,1-2H3,(H,23,26)(H,24,25,27). The van der Waals surface area contributed by atoms with Gasteiger partial charge in [-0.15, -0.1) is 11.8 Å². The molecule has 2 aromatic carbocycles. The molecule has 0 aliphatic carbocycles. The lowest BCUT2D eigenvalue weighted by Crippen LogP contribution is -2.25. The number of carbonyl (C=O) groups excluding carboxylic acids is 2. The highest BCUT2D eigenvalue weighted by atomic mass is 35.5. The fraction of sp³-hybridized carbons (Fsp3) is 0.190. The second-order valence-corrected chi connectivity index (χ2v) is 8.13. The average Bonchev–Trinajstić information content (AvgIpc) is 3.13. The molecule has 0 aliphatic rings. The summed E-state index contributed by atoms with van der Waals surface area (Å²) in [6, 6.07) is 15.8. The summed E-state index contributed by atoms with van der Waals surface area (Å²) in [4.78, 5) is 24.6. The molecule has 0 fully saturated rings. The number of halogens is 1. The molecular weight excluding hydrogens is 426 g/mol. The van der Waals surface area contributed by atoms with Crippen molar-refractivity contribution < 1.29 is 18.8 Å². The summed E-state index contributed by atoms with van der Waals surface area (Å²) in [6.45, 7) is 3.44. The molecule has 30 heavy (non-hydrogen) atoms. The molecule has 3 rings (SSSR count).